The summed E-state index contributed by atoms with van der Waals surface area (Å²) < 4.78 is 11.7. The van der Waals surface area contributed by atoms with E-state index < -0.39 is 5.41 Å². The van der Waals surface area contributed by atoms with Gasteiger partial charge in [0.05, 0.1) is 6.61 Å². The van der Waals surface area contributed by atoms with E-state index in [0.717, 1.165) is 51.4 Å². The number of aryl methyl sites for hydroxylation is 2. The second-order valence-electron chi connectivity index (χ2n) is 9.02. The normalized spacial score (nSPS) is 19.7. The quantitative estimate of drug-likeness (QED) is 0.671. The maximum absolute atomic E-state index is 14.0. The van der Waals surface area contributed by atoms with Crippen LogP contribution in [-0.2, 0) is 21.4 Å². The highest BCUT2D eigenvalue weighted by Gasteiger charge is 2.57. The van der Waals surface area contributed by atoms with Gasteiger partial charge in [0.15, 0.2) is 0 Å². The third-order valence-electron chi connectivity index (χ3n) is 6.92. The number of nitrogens with one attached hydrogen (secondary N) is 1. The number of benzene rings is 3. The van der Waals surface area contributed by atoms with Gasteiger partial charge in [0.2, 0.25) is 11.8 Å². The molecule has 0 aromatic heterocycles. The van der Waals surface area contributed by atoms with Crippen molar-refractivity contribution in [3.05, 3.63) is 82.4 Å². The van der Waals surface area contributed by atoms with E-state index in [9.17, 15) is 9.59 Å². The van der Waals surface area contributed by atoms with Gasteiger partial charge < -0.3 is 19.7 Å². The Morgan fingerprint density at radius 2 is 1.88 bits per heavy atom. The summed E-state index contributed by atoms with van der Waals surface area (Å²) >= 11 is 0. The Bertz CT molecular complexity index is 1330. The maximum atomic E-state index is 14.0. The molecule has 1 spiro atoms. The average Bonchev–Trinajstić information content (AvgIpc) is 3.47. The first-order valence-corrected chi connectivity index (χ1v) is 11.2. The van der Waals surface area contributed by atoms with Crippen molar-refractivity contribution >= 4 is 23.2 Å². The molecule has 3 aliphatic rings. The van der Waals surface area contributed by atoms with Crippen molar-refractivity contribution in [3.8, 4) is 11.5 Å². The van der Waals surface area contributed by atoms with E-state index in [4.69, 9.17) is 9.47 Å². The molecule has 6 nitrogen and oxygen atoms in total. The summed E-state index contributed by atoms with van der Waals surface area (Å²) in [5, 5.41) is 2.97. The lowest BCUT2D eigenvalue weighted by molar-refractivity contribution is -0.124. The Hall–Kier alpha value is -3.80. The Kier molecular flexibility index (Phi) is 4.27. The second kappa shape index (κ2) is 7.10. The molecule has 6 heteroatoms. The minimum Gasteiger partial charge on any atom is -0.493 e. The number of fused-ring (bicyclic) bond motifs is 5. The highest BCUT2D eigenvalue weighted by Crippen LogP contribution is 2.53. The number of hydrogen-bond acceptors (Lipinski definition) is 4. The molecule has 166 valence electrons. The van der Waals surface area contributed by atoms with Crippen molar-refractivity contribution in [2.24, 2.45) is 0 Å². The van der Waals surface area contributed by atoms with E-state index in [1.807, 2.05) is 62.4 Å². The monoisotopic (exact) mass is 440 g/mol. The van der Waals surface area contributed by atoms with Gasteiger partial charge in [-0.2, -0.15) is 0 Å². The zero-order valence-corrected chi connectivity index (χ0v) is 18.6. The minimum atomic E-state index is -0.941. The van der Waals surface area contributed by atoms with Crippen LogP contribution >= 0.6 is 0 Å². The van der Waals surface area contributed by atoms with Crippen LogP contribution in [0.3, 0.4) is 0 Å². The fourth-order valence-electron chi connectivity index (χ4n) is 5.29. The highest BCUT2D eigenvalue weighted by atomic mass is 16.5. The Balaban J connectivity index is 1.36. The van der Waals surface area contributed by atoms with Crippen molar-refractivity contribution in [1.29, 1.82) is 0 Å². The molecule has 3 aromatic carbocycles. The molecule has 0 saturated carbocycles. The molecule has 1 atom stereocenters. The summed E-state index contributed by atoms with van der Waals surface area (Å²) in [6.45, 7) is 4.77. The second-order valence-corrected chi connectivity index (χ2v) is 9.02. The molecule has 1 N–H and O–H groups in total. The lowest BCUT2D eigenvalue weighted by Crippen LogP contribution is -2.45. The third-order valence-corrected chi connectivity index (χ3v) is 6.92. The number of ether oxygens (including phenoxy) is 2. The number of amides is 2. The van der Waals surface area contributed by atoms with Gasteiger partial charge in [0.25, 0.3) is 0 Å². The predicted octanol–water partition coefficient (Wildman–Crippen LogP) is 3.90. The minimum absolute atomic E-state index is 0.0612. The lowest BCUT2D eigenvalue weighted by atomic mass is 9.76. The fourth-order valence-corrected chi connectivity index (χ4v) is 5.29. The van der Waals surface area contributed by atoms with Crippen LogP contribution in [0.25, 0.3) is 0 Å². The highest BCUT2D eigenvalue weighted by molar-refractivity contribution is 6.14. The molecule has 1 unspecified atom stereocenters. The zero-order valence-electron chi connectivity index (χ0n) is 18.6. The fraction of sp³-hybridized carbons (Fsp3) is 0.259. The first-order chi connectivity index (χ1) is 16.0. The van der Waals surface area contributed by atoms with E-state index in [1.54, 1.807) is 4.90 Å². The van der Waals surface area contributed by atoms with Crippen LogP contribution in [0.4, 0.5) is 11.4 Å². The van der Waals surface area contributed by atoms with Crippen molar-refractivity contribution in [3.63, 3.8) is 0 Å². The van der Waals surface area contributed by atoms with Gasteiger partial charge in [0, 0.05) is 29.4 Å². The van der Waals surface area contributed by atoms with Gasteiger partial charge in [0.1, 0.15) is 30.1 Å². The van der Waals surface area contributed by atoms with Gasteiger partial charge >= 0.3 is 0 Å². The zero-order chi connectivity index (χ0) is 22.7. The molecule has 0 fully saturated rings. The number of anilines is 2. The molecule has 3 aromatic rings. The molecule has 0 bridgehead atoms. The topological polar surface area (TPSA) is 67.9 Å². The van der Waals surface area contributed by atoms with E-state index >= 15 is 0 Å². The SMILES string of the molecule is Cc1ccc(NC(=O)CN2C(=O)C3(COc4cc5c(cc43)CCO5)c3ccccc32)c(C)c1. The third kappa shape index (κ3) is 2.86. The van der Waals surface area contributed by atoms with Crippen LogP contribution in [-0.4, -0.2) is 31.6 Å². The van der Waals surface area contributed by atoms with Crippen LogP contribution in [0.1, 0.15) is 27.8 Å². The molecular formula is C27H24N2O4. The molecule has 0 aliphatic carbocycles. The predicted molar refractivity (Wildman–Crippen MR) is 125 cm³/mol. The van der Waals surface area contributed by atoms with Crippen LogP contribution in [0.5, 0.6) is 11.5 Å². The molecule has 6 rings (SSSR count). The van der Waals surface area contributed by atoms with Crippen LogP contribution < -0.4 is 19.7 Å². The molecule has 2 amide bonds. The molecule has 3 aliphatic heterocycles. The van der Waals surface area contributed by atoms with Gasteiger partial charge in [-0.1, -0.05) is 35.9 Å². The van der Waals surface area contributed by atoms with E-state index in [0.29, 0.717) is 12.4 Å². The summed E-state index contributed by atoms with van der Waals surface area (Å²) in [7, 11) is 0. The van der Waals surface area contributed by atoms with Crippen molar-refractivity contribution in [2.45, 2.75) is 25.7 Å². The summed E-state index contributed by atoms with van der Waals surface area (Å²) in [6.07, 6.45) is 0.816. The van der Waals surface area contributed by atoms with Crippen LogP contribution in [0.2, 0.25) is 0 Å². The standard InChI is InChI=1S/C27H24N2O4/c1-16-7-8-21(17(2)11-16)28-25(30)14-29-22-6-4-3-5-19(22)27(26(29)31)15-33-24-13-23-18(9-10-32-23)12-20(24)27/h3-8,11-13H,9-10,14-15H2,1-2H3,(H,28,30). The number of nitrogens with zero attached hydrogens (tertiary/aromatic N) is 1. The summed E-state index contributed by atoms with van der Waals surface area (Å²) in [5.74, 6) is 1.15. The largest absolute Gasteiger partial charge is 0.493 e. The Morgan fingerprint density at radius 1 is 1.03 bits per heavy atom. The number of hydrogen-bond donors (Lipinski definition) is 1. The first-order valence-electron chi connectivity index (χ1n) is 11.2. The molecule has 0 radical (unpaired) electrons. The molecule has 33 heavy (non-hydrogen) atoms. The maximum Gasteiger partial charge on any atom is 0.246 e. The number of carbonyl (C=O) groups is 2. The van der Waals surface area contributed by atoms with Crippen molar-refractivity contribution in [1.82, 2.24) is 0 Å². The number of rotatable bonds is 3. The Morgan fingerprint density at radius 3 is 2.73 bits per heavy atom. The van der Waals surface area contributed by atoms with Gasteiger partial charge in [-0.05, 0) is 48.7 Å². The van der Waals surface area contributed by atoms with E-state index in [-0.39, 0.29) is 25.0 Å². The molecular weight excluding hydrogens is 416 g/mol. The van der Waals surface area contributed by atoms with Crippen LogP contribution in [0.15, 0.2) is 54.6 Å². The number of carbonyl (C=O) groups excluding carboxylic acids is 2. The van der Waals surface area contributed by atoms with Gasteiger partial charge in [-0.25, -0.2) is 0 Å². The van der Waals surface area contributed by atoms with Gasteiger partial charge in [-0.15, -0.1) is 0 Å². The van der Waals surface area contributed by atoms with Gasteiger partial charge in [-0.3, -0.25) is 9.59 Å². The van der Waals surface area contributed by atoms with E-state index in [2.05, 4.69) is 11.4 Å². The van der Waals surface area contributed by atoms with Crippen molar-refractivity contribution in [2.75, 3.05) is 30.0 Å². The summed E-state index contributed by atoms with van der Waals surface area (Å²) in [5.41, 5.74) is 5.53. The van der Waals surface area contributed by atoms with Crippen molar-refractivity contribution < 1.29 is 19.1 Å². The summed E-state index contributed by atoms with van der Waals surface area (Å²) in [4.78, 5) is 28.6. The molecule has 0 saturated heterocycles. The smallest absolute Gasteiger partial charge is 0.246 e. The average molecular weight is 440 g/mol. The lowest BCUT2D eigenvalue weighted by Gasteiger charge is -2.23. The summed E-state index contributed by atoms with van der Waals surface area (Å²) in [6, 6.07) is 17.5. The van der Waals surface area contributed by atoms with E-state index in [1.165, 1.54) is 0 Å². The molecule has 3 heterocycles. The number of para-hydroxylation sites is 1. The van der Waals surface area contributed by atoms with Crippen LogP contribution in [0, 0.1) is 13.8 Å². The Labute approximate surface area is 192 Å². The first kappa shape index (κ1) is 19.9.